The van der Waals surface area contributed by atoms with Crippen molar-refractivity contribution in [3.8, 4) is 0 Å². The number of carbonyl (C=O) groups excluding carboxylic acids is 1. The molecule has 0 unspecified atom stereocenters. The first-order chi connectivity index (χ1) is 9.88. The van der Waals surface area contributed by atoms with Gasteiger partial charge in [0.15, 0.2) is 0 Å². The fourth-order valence-corrected chi connectivity index (χ4v) is 2.08. The second kappa shape index (κ2) is 6.05. The third-order valence-electron chi connectivity index (χ3n) is 2.88. The molecule has 2 rings (SSSR count). The van der Waals surface area contributed by atoms with E-state index in [0.717, 1.165) is 0 Å². The van der Waals surface area contributed by atoms with Crippen LogP contribution in [0.5, 0.6) is 0 Å². The SMILES string of the molecule is Cc1cc(C(=O)Nc2cc(C(=O)O)ccc2Br)ccc1F. The van der Waals surface area contributed by atoms with Gasteiger partial charge in [-0.1, -0.05) is 0 Å². The van der Waals surface area contributed by atoms with Crippen LogP contribution in [0.3, 0.4) is 0 Å². The van der Waals surface area contributed by atoms with Crippen molar-refractivity contribution in [3.63, 3.8) is 0 Å². The number of halogens is 2. The van der Waals surface area contributed by atoms with Crippen molar-refractivity contribution in [2.45, 2.75) is 6.92 Å². The van der Waals surface area contributed by atoms with Crippen molar-refractivity contribution in [3.05, 3.63) is 63.4 Å². The predicted octanol–water partition coefficient (Wildman–Crippen LogP) is 3.85. The molecule has 6 heteroatoms. The van der Waals surface area contributed by atoms with E-state index in [0.29, 0.717) is 21.3 Å². The van der Waals surface area contributed by atoms with Crippen LogP contribution in [0.2, 0.25) is 0 Å². The summed E-state index contributed by atoms with van der Waals surface area (Å²) in [6.45, 7) is 1.56. The molecular weight excluding hydrogens is 341 g/mol. The number of carboxylic acids is 1. The molecule has 2 N–H and O–H groups in total. The normalized spacial score (nSPS) is 10.2. The van der Waals surface area contributed by atoms with E-state index in [1.807, 2.05) is 0 Å². The number of nitrogens with one attached hydrogen (secondary N) is 1. The molecule has 2 aromatic rings. The maximum atomic E-state index is 13.2. The van der Waals surface area contributed by atoms with Crippen molar-refractivity contribution >= 4 is 33.5 Å². The van der Waals surface area contributed by atoms with E-state index < -0.39 is 11.9 Å². The quantitative estimate of drug-likeness (QED) is 0.882. The lowest BCUT2D eigenvalue weighted by Gasteiger charge is -2.09. The van der Waals surface area contributed by atoms with Crippen LogP contribution in [-0.4, -0.2) is 17.0 Å². The number of benzene rings is 2. The van der Waals surface area contributed by atoms with E-state index in [4.69, 9.17) is 5.11 Å². The Hall–Kier alpha value is -2.21. The van der Waals surface area contributed by atoms with Gasteiger partial charge in [-0.2, -0.15) is 0 Å². The van der Waals surface area contributed by atoms with Crippen LogP contribution in [0.15, 0.2) is 40.9 Å². The lowest BCUT2D eigenvalue weighted by Crippen LogP contribution is -2.13. The zero-order valence-corrected chi connectivity index (χ0v) is 12.6. The van der Waals surface area contributed by atoms with Gasteiger partial charge < -0.3 is 10.4 Å². The number of amides is 1. The minimum atomic E-state index is -1.09. The van der Waals surface area contributed by atoms with Gasteiger partial charge in [-0.3, -0.25) is 4.79 Å². The lowest BCUT2D eigenvalue weighted by atomic mass is 10.1. The first-order valence-electron chi connectivity index (χ1n) is 5.99. The maximum absolute atomic E-state index is 13.2. The molecule has 0 aliphatic rings. The van der Waals surface area contributed by atoms with Crippen LogP contribution in [0.4, 0.5) is 10.1 Å². The van der Waals surface area contributed by atoms with Crippen molar-refractivity contribution in [2.24, 2.45) is 0 Å². The van der Waals surface area contributed by atoms with Crippen LogP contribution >= 0.6 is 15.9 Å². The highest BCUT2D eigenvalue weighted by molar-refractivity contribution is 9.10. The molecule has 4 nitrogen and oxygen atoms in total. The van der Waals surface area contributed by atoms with Gasteiger partial charge in [0.2, 0.25) is 0 Å². The Bertz CT molecular complexity index is 731. The van der Waals surface area contributed by atoms with E-state index in [1.54, 1.807) is 6.92 Å². The largest absolute Gasteiger partial charge is 0.478 e. The molecule has 0 saturated carbocycles. The maximum Gasteiger partial charge on any atom is 0.335 e. The van der Waals surface area contributed by atoms with Crippen molar-refractivity contribution < 1.29 is 19.1 Å². The van der Waals surface area contributed by atoms with Gasteiger partial charge >= 0.3 is 5.97 Å². The standard InChI is InChI=1S/C15H11BrFNO3/c1-8-6-9(3-5-12(8)17)14(19)18-13-7-10(15(20)21)2-4-11(13)16/h2-7H,1H3,(H,18,19)(H,20,21). The lowest BCUT2D eigenvalue weighted by molar-refractivity contribution is 0.0696. The fourth-order valence-electron chi connectivity index (χ4n) is 1.73. The Balaban J connectivity index is 2.28. The molecule has 0 atom stereocenters. The molecule has 0 fully saturated rings. The minimum absolute atomic E-state index is 0.0591. The average molecular weight is 352 g/mol. The fraction of sp³-hybridized carbons (Fsp3) is 0.0667. The smallest absolute Gasteiger partial charge is 0.335 e. The molecule has 2 aromatic carbocycles. The Kier molecular flexibility index (Phi) is 4.37. The van der Waals surface area contributed by atoms with Crippen molar-refractivity contribution in [1.82, 2.24) is 0 Å². The van der Waals surface area contributed by atoms with Gasteiger partial charge in [0.05, 0.1) is 11.3 Å². The molecule has 0 saturated heterocycles. The Labute approximate surface area is 128 Å². The van der Waals surface area contributed by atoms with Gasteiger partial charge in [-0.05, 0) is 64.8 Å². The summed E-state index contributed by atoms with van der Waals surface area (Å²) in [6.07, 6.45) is 0. The number of hydrogen-bond donors (Lipinski definition) is 2. The second-order valence-electron chi connectivity index (χ2n) is 4.42. The van der Waals surface area contributed by atoms with Crippen molar-refractivity contribution in [2.75, 3.05) is 5.32 Å². The highest BCUT2D eigenvalue weighted by Gasteiger charge is 2.12. The topological polar surface area (TPSA) is 66.4 Å². The van der Waals surface area contributed by atoms with Gasteiger partial charge in [-0.25, -0.2) is 9.18 Å². The third kappa shape index (κ3) is 3.46. The second-order valence-corrected chi connectivity index (χ2v) is 5.27. The highest BCUT2D eigenvalue weighted by Crippen LogP contribution is 2.24. The monoisotopic (exact) mass is 351 g/mol. The van der Waals surface area contributed by atoms with Crippen LogP contribution in [-0.2, 0) is 0 Å². The zero-order chi connectivity index (χ0) is 15.6. The Morgan fingerprint density at radius 2 is 1.81 bits per heavy atom. The molecular formula is C15H11BrFNO3. The molecule has 0 bridgehead atoms. The number of carboxylic acid groups (broad SMARTS) is 1. The predicted molar refractivity (Wildman–Crippen MR) is 80.2 cm³/mol. The van der Waals surface area contributed by atoms with E-state index in [-0.39, 0.29) is 11.4 Å². The Morgan fingerprint density at radius 3 is 2.43 bits per heavy atom. The summed E-state index contributed by atoms with van der Waals surface area (Å²) < 4.78 is 13.7. The van der Waals surface area contributed by atoms with Crippen molar-refractivity contribution in [1.29, 1.82) is 0 Å². The molecule has 0 aliphatic heterocycles. The van der Waals surface area contributed by atoms with E-state index >= 15 is 0 Å². The van der Waals surface area contributed by atoms with E-state index in [1.165, 1.54) is 36.4 Å². The minimum Gasteiger partial charge on any atom is -0.478 e. The molecule has 0 radical (unpaired) electrons. The molecule has 0 aliphatic carbocycles. The van der Waals surface area contributed by atoms with Crippen LogP contribution in [0.25, 0.3) is 0 Å². The average Bonchev–Trinajstić information content (AvgIpc) is 2.43. The first kappa shape index (κ1) is 15.2. The van der Waals surface area contributed by atoms with Gasteiger partial charge in [-0.15, -0.1) is 0 Å². The summed E-state index contributed by atoms with van der Waals surface area (Å²) in [5.74, 6) is -1.92. The third-order valence-corrected chi connectivity index (χ3v) is 3.57. The van der Waals surface area contributed by atoms with Gasteiger partial charge in [0.1, 0.15) is 5.82 Å². The summed E-state index contributed by atoms with van der Waals surface area (Å²) in [5, 5.41) is 11.5. The molecule has 0 aromatic heterocycles. The molecule has 21 heavy (non-hydrogen) atoms. The summed E-state index contributed by atoms with van der Waals surface area (Å²) in [6, 6.07) is 8.32. The summed E-state index contributed by atoms with van der Waals surface area (Å²) in [5.41, 5.74) is 1.05. The molecule has 0 heterocycles. The summed E-state index contributed by atoms with van der Waals surface area (Å²) >= 11 is 3.24. The van der Waals surface area contributed by atoms with Gasteiger partial charge in [0, 0.05) is 10.0 Å². The number of carbonyl (C=O) groups is 2. The number of aromatic carboxylic acids is 1. The molecule has 1 amide bonds. The number of rotatable bonds is 3. The number of aryl methyl sites for hydroxylation is 1. The van der Waals surface area contributed by atoms with E-state index in [2.05, 4.69) is 21.2 Å². The van der Waals surface area contributed by atoms with Crippen LogP contribution < -0.4 is 5.32 Å². The highest BCUT2D eigenvalue weighted by atomic mass is 79.9. The number of anilines is 1. The summed E-state index contributed by atoms with van der Waals surface area (Å²) in [4.78, 5) is 23.0. The Morgan fingerprint density at radius 1 is 1.14 bits per heavy atom. The van der Waals surface area contributed by atoms with E-state index in [9.17, 15) is 14.0 Å². The molecule has 0 spiro atoms. The van der Waals surface area contributed by atoms with Crippen LogP contribution in [0, 0.1) is 12.7 Å². The summed E-state index contributed by atoms with van der Waals surface area (Å²) in [7, 11) is 0. The zero-order valence-electron chi connectivity index (χ0n) is 11.0. The van der Waals surface area contributed by atoms with Gasteiger partial charge in [0.25, 0.3) is 5.91 Å². The number of hydrogen-bond acceptors (Lipinski definition) is 2. The van der Waals surface area contributed by atoms with Crippen LogP contribution in [0.1, 0.15) is 26.3 Å². The molecule has 108 valence electrons. The first-order valence-corrected chi connectivity index (χ1v) is 6.78.